The Kier molecular flexibility index (Phi) is 6.15. The van der Waals surface area contributed by atoms with Crippen LogP contribution in [0.4, 0.5) is 0 Å². The van der Waals surface area contributed by atoms with Gasteiger partial charge in [0.25, 0.3) is 0 Å². The molecule has 25 heavy (non-hydrogen) atoms. The van der Waals surface area contributed by atoms with E-state index in [9.17, 15) is 14.7 Å². The number of nitrogens with one attached hydrogen (secondary N) is 2. The van der Waals surface area contributed by atoms with Crippen molar-refractivity contribution in [3.8, 4) is 0 Å². The molecule has 0 spiro atoms. The van der Waals surface area contributed by atoms with Crippen LogP contribution in [0.2, 0.25) is 0 Å². The van der Waals surface area contributed by atoms with Crippen molar-refractivity contribution in [2.75, 3.05) is 13.1 Å². The van der Waals surface area contributed by atoms with Crippen molar-refractivity contribution in [2.24, 2.45) is 5.92 Å². The van der Waals surface area contributed by atoms with Crippen LogP contribution in [-0.4, -0.2) is 35.6 Å². The fourth-order valence-corrected chi connectivity index (χ4v) is 2.41. The first-order chi connectivity index (χ1) is 11.8. The third kappa shape index (κ3) is 5.29. The van der Waals surface area contributed by atoms with Crippen LogP contribution >= 0.6 is 0 Å². The molecule has 5 heteroatoms. The molecule has 2 amide bonds. The summed E-state index contributed by atoms with van der Waals surface area (Å²) in [5.41, 5.74) is -0.0402. The normalized spacial score (nSPS) is 13.5. The van der Waals surface area contributed by atoms with E-state index in [0.717, 1.165) is 16.3 Å². The fraction of sp³-hybridized carbons (Fsp3) is 0.400. The van der Waals surface area contributed by atoms with E-state index in [1.807, 2.05) is 56.3 Å². The second kappa shape index (κ2) is 8.12. The standard InChI is InChI=1S/C20H26N2O3/c1-14(2)20(3,25)13-22-19(24)12-21-18(23)11-16-9-6-8-15-7-4-5-10-17(15)16/h4-10,14,25H,11-13H2,1-3H3,(H,21,23)(H,22,24). The molecule has 0 aliphatic carbocycles. The van der Waals surface area contributed by atoms with E-state index >= 15 is 0 Å². The van der Waals surface area contributed by atoms with Gasteiger partial charge in [-0.3, -0.25) is 9.59 Å². The number of carbonyl (C=O) groups excluding carboxylic acids is 2. The molecule has 1 atom stereocenters. The topological polar surface area (TPSA) is 78.4 Å². The third-order valence-electron chi connectivity index (χ3n) is 4.56. The minimum absolute atomic E-state index is 0.0220. The predicted octanol–water partition coefficient (Wildman–Crippen LogP) is 2.02. The maximum atomic E-state index is 12.1. The highest BCUT2D eigenvalue weighted by Crippen LogP contribution is 2.18. The van der Waals surface area contributed by atoms with Crippen molar-refractivity contribution < 1.29 is 14.7 Å². The highest BCUT2D eigenvalue weighted by molar-refractivity contribution is 5.91. The Bertz CT molecular complexity index is 748. The molecule has 0 bridgehead atoms. The molecule has 2 aromatic rings. The number of carbonyl (C=O) groups is 2. The second-order valence-corrected chi connectivity index (χ2v) is 6.88. The molecule has 2 aromatic carbocycles. The first-order valence-electron chi connectivity index (χ1n) is 8.52. The molecular weight excluding hydrogens is 316 g/mol. The van der Waals surface area contributed by atoms with Gasteiger partial charge in [0.2, 0.25) is 11.8 Å². The third-order valence-corrected chi connectivity index (χ3v) is 4.56. The number of fused-ring (bicyclic) bond motifs is 1. The monoisotopic (exact) mass is 342 g/mol. The fourth-order valence-electron chi connectivity index (χ4n) is 2.41. The molecule has 1 unspecified atom stereocenters. The van der Waals surface area contributed by atoms with E-state index in [1.165, 1.54) is 0 Å². The number of amides is 2. The number of hydrogen-bond donors (Lipinski definition) is 3. The molecule has 0 saturated carbocycles. The lowest BCUT2D eigenvalue weighted by molar-refractivity contribution is -0.126. The summed E-state index contributed by atoms with van der Waals surface area (Å²) in [7, 11) is 0. The molecule has 0 fully saturated rings. The van der Waals surface area contributed by atoms with Crippen LogP contribution in [0.3, 0.4) is 0 Å². The van der Waals surface area contributed by atoms with Gasteiger partial charge < -0.3 is 15.7 Å². The number of aliphatic hydroxyl groups is 1. The Morgan fingerprint density at radius 1 is 1.04 bits per heavy atom. The molecule has 5 nitrogen and oxygen atoms in total. The molecule has 3 N–H and O–H groups in total. The summed E-state index contributed by atoms with van der Waals surface area (Å²) in [5, 5.41) is 17.5. The van der Waals surface area contributed by atoms with E-state index in [-0.39, 0.29) is 37.2 Å². The van der Waals surface area contributed by atoms with Crippen molar-refractivity contribution in [3.63, 3.8) is 0 Å². The van der Waals surface area contributed by atoms with E-state index in [0.29, 0.717) is 0 Å². The van der Waals surface area contributed by atoms with Crippen LogP contribution in [0.1, 0.15) is 26.3 Å². The maximum Gasteiger partial charge on any atom is 0.239 e. The van der Waals surface area contributed by atoms with Gasteiger partial charge >= 0.3 is 0 Å². The Balaban J connectivity index is 1.85. The van der Waals surface area contributed by atoms with Crippen molar-refractivity contribution in [1.29, 1.82) is 0 Å². The van der Waals surface area contributed by atoms with Gasteiger partial charge in [0, 0.05) is 6.54 Å². The smallest absolute Gasteiger partial charge is 0.239 e. The molecule has 2 rings (SSSR count). The average molecular weight is 342 g/mol. The van der Waals surface area contributed by atoms with E-state index in [2.05, 4.69) is 10.6 Å². The van der Waals surface area contributed by atoms with Crippen LogP contribution in [-0.2, 0) is 16.0 Å². The second-order valence-electron chi connectivity index (χ2n) is 6.88. The van der Waals surface area contributed by atoms with Crippen LogP contribution in [0, 0.1) is 5.92 Å². The van der Waals surface area contributed by atoms with Crippen LogP contribution in [0.25, 0.3) is 10.8 Å². The summed E-state index contributed by atoms with van der Waals surface area (Å²) in [6.45, 7) is 5.51. The van der Waals surface area contributed by atoms with E-state index in [1.54, 1.807) is 6.92 Å². The molecule has 0 radical (unpaired) electrons. The highest BCUT2D eigenvalue weighted by atomic mass is 16.3. The van der Waals surface area contributed by atoms with Crippen molar-refractivity contribution in [2.45, 2.75) is 32.8 Å². The van der Waals surface area contributed by atoms with E-state index in [4.69, 9.17) is 0 Å². The molecule has 0 aliphatic rings. The molecule has 0 heterocycles. The predicted molar refractivity (Wildman–Crippen MR) is 99.1 cm³/mol. The quantitative estimate of drug-likeness (QED) is 0.720. The van der Waals surface area contributed by atoms with Gasteiger partial charge in [0.05, 0.1) is 18.6 Å². The minimum Gasteiger partial charge on any atom is -0.388 e. The molecule has 134 valence electrons. The minimum atomic E-state index is -0.970. The summed E-state index contributed by atoms with van der Waals surface area (Å²) >= 11 is 0. The lowest BCUT2D eigenvalue weighted by atomic mass is 9.92. The average Bonchev–Trinajstić information content (AvgIpc) is 2.58. The Morgan fingerprint density at radius 3 is 2.44 bits per heavy atom. The Hall–Kier alpha value is -2.40. The largest absolute Gasteiger partial charge is 0.388 e. The van der Waals surface area contributed by atoms with Crippen LogP contribution in [0.15, 0.2) is 42.5 Å². The number of hydrogen-bond acceptors (Lipinski definition) is 3. The van der Waals surface area contributed by atoms with Gasteiger partial charge in [0.1, 0.15) is 0 Å². The first-order valence-corrected chi connectivity index (χ1v) is 8.52. The van der Waals surface area contributed by atoms with Gasteiger partial charge in [-0.1, -0.05) is 56.3 Å². The van der Waals surface area contributed by atoms with Crippen molar-refractivity contribution >= 4 is 22.6 Å². The van der Waals surface area contributed by atoms with E-state index < -0.39 is 5.60 Å². The number of benzene rings is 2. The Morgan fingerprint density at radius 2 is 1.72 bits per heavy atom. The summed E-state index contributed by atoms with van der Waals surface area (Å²) in [6, 6.07) is 13.7. The lowest BCUT2D eigenvalue weighted by Gasteiger charge is -2.27. The van der Waals surface area contributed by atoms with Gasteiger partial charge in [-0.15, -0.1) is 0 Å². The summed E-state index contributed by atoms with van der Waals surface area (Å²) in [4.78, 5) is 24.0. The van der Waals surface area contributed by atoms with Gasteiger partial charge in [-0.05, 0) is 29.2 Å². The Labute approximate surface area is 148 Å². The van der Waals surface area contributed by atoms with Gasteiger partial charge in [0.15, 0.2) is 0 Å². The van der Waals surface area contributed by atoms with Gasteiger partial charge in [-0.25, -0.2) is 0 Å². The summed E-state index contributed by atoms with van der Waals surface area (Å²) < 4.78 is 0. The molecule has 0 aromatic heterocycles. The van der Waals surface area contributed by atoms with Gasteiger partial charge in [-0.2, -0.15) is 0 Å². The van der Waals surface area contributed by atoms with Crippen molar-refractivity contribution in [3.05, 3.63) is 48.0 Å². The molecule has 0 aliphatic heterocycles. The zero-order valence-corrected chi connectivity index (χ0v) is 15.0. The SMILES string of the molecule is CC(C)C(C)(O)CNC(=O)CNC(=O)Cc1cccc2ccccc12. The summed E-state index contributed by atoms with van der Waals surface area (Å²) in [6.07, 6.45) is 0.221. The zero-order valence-electron chi connectivity index (χ0n) is 15.0. The molecular formula is C20H26N2O3. The zero-order chi connectivity index (χ0) is 18.4. The van der Waals surface area contributed by atoms with Crippen molar-refractivity contribution in [1.82, 2.24) is 10.6 Å². The van der Waals surface area contributed by atoms with Crippen LogP contribution in [0.5, 0.6) is 0 Å². The maximum absolute atomic E-state index is 12.1. The summed E-state index contributed by atoms with van der Waals surface area (Å²) in [5.74, 6) is -0.497. The number of rotatable bonds is 7. The highest BCUT2D eigenvalue weighted by Gasteiger charge is 2.25. The first kappa shape index (κ1) is 18.9. The molecule has 0 saturated heterocycles. The lowest BCUT2D eigenvalue weighted by Crippen LogP contribution is -2.47. The van der Waals surface area contributed by atoms with Crippen LogP contribution < -0.4 is 10.6 Å².